The second kappa shape index (κ2) is 11.3. The van der Waals surface area contributed by atoms with Crippen LogP contribution in [0.4, 0.5) is 11.4 Å². The van der Waals surface area contributed by atoms with Crippen molar-refractivity contribution < 1.29 is 42.3 Å². The van der Waals surface area contributed by atoms with E-state index < -0.39 is 12.4 Å². The average Bonchev–Trinajstić information content (AvgIpc) is 3.54. The molecule has 4 nitrogen and oxygen atoms in total. The Morgan fingerprint density at radius 2 is 1.39 bits per heavy atom. The van der Waals surface area contributed by atoms with E-state index in [1.54, 1.807) is 0 Å². The summed E-state index contributed by atoms with van der Waals surface area (Å²) in [5.41, 5.74) is 5.78. The molecule has 33 heavy (non-hydrogen) atoms. The van der Waals surface area contributed by atoms with Gasteiger partial charge < -0.3 is 10.6 Å². The van der Waals surface area contributed by atoms with Gasteiger partial charge in [-0.25, -0.2) is 0 Å². The maximum absolute atomic E-state index is 13.7. The summed E-state index contributed by atoms with van der Waals surface area (Å²) in [7, 11) is -1.86. The van der Waals surface area contributed by atoms with Crippen LogP contribution < -0.4 is 10.6 Å². The number of carbonyl (C=O) groups is 2. The molecule has 0 atom stereocenters. The first-order chi connectivity index (χ1) is 15.1. The Morgan fingerprint density at radius 1 is 0.909 bits per heavy atom. The van der Waals surface area contributed by atoms with E-state index in [4.69, 9.17) is 11.6 Å². The number of halogens is 1. The van der Waals surface area contributed by atoms with Crippen molar-refractivity contribution in [3.05, 3.63) is 57.6 Å². The molecular weight excluding hydrogens is 528 g/mol. The number of aryl methyl sites for hydroxylation is 4. The quantitative estimate of drug-likeness (QED) is 0.350. The molecule has 0 unspecified atom stereocenters. The number of nitrogens with one attached hydrogen (secondary N) is 2. The maximum Gasteiger partial charge on any atom is 0.268 e. The largest absolute Gasteiger partial charge is 0.322 e. The van der Waals surface area contributed by atoms with Gasteiger partial charge in [-0.3, -0.25) is 9.59 Å². The predicted molar refractivity (Wildman–Crippen MR) is 139 cm³/mol. The average molecular weight is 563 g/mol. The van der Waals surface area contributed by atoms with Crippen LogP contribution in [-0.4, -0.2) is 35.5 Å². The Morgan fingerprint density at radius 3 is 1.85 bits per heavy atom. The van der Waals surface area contributed by atoms with Crippen molar-refractivity contribution in [2.75, 3.05) is 29.1 Å². The number of amides is 2. The molecule has 3 rings (SSSR count). The molecule has 0 aliphatic heterocycles. The molecule has 2 aromatic carbocycles. The molecule has 1 radical (unpaired) electrons. The van der Waals surface area contributed by atoms with Gasteiger partial charge in [-0.05, 0) is 75.9 Å². The Bertz CT molecular complexity index is 1010. The molecule has 2 aromatic rings. The van der Waals surface area contributed by atoms with Gasteiger partial charge in [-0.15, -0.1) is 0 Å². The van der Waals surface area contributed by atoms with E-state index in [0.717, 1.165) is 58.8 Å². The van der Waals surface area contributed by atoms with Gasteiger partial charge in [-0.2, -0.15) is 0 Å². The van der Waals surface area contributed by atoms with Crippen molar-refractivity contribution in [2.24, 2.45) is 0 Å². The Balaban J connectivity index is 0.00000385. The fraction of sp³-hybridized carbons (Fsp3) is 0.462. The summed E-state index contributed by atoms with van der Waals surface area (Å²) in [5.74, 6) is 0.0975. The van der Waals surface area contributed by atoms with Gasteiger partial charge >= 0.3 is 0 Å². The molecule has 1 saturated carbocycles. The molecule has 0 spiro atoms. The Hall–Kier alpha value is -0.796. The summed E-state index contributed by atoms with van der Waals surface area (Å²) in [6.07, 6.45) is 3.93. The zero-order chi connectivity index (χ0) is 23.7. The first-order valence-electron chi connectivity index (χ1n) is 11.4. The molecule has 2 N–H and O–H groups in total. The number of carbonyl (C=O) groups excluding carboxylic acids is 2. The minimum absolute atomic E-state index is 0. The third-order valence-electron chi connectivity index (χ3n) is 7.19. The van der Waals surface area contributed by atoms with Crippen molar-refractivity contribution in [3.8, 4) is 0 Å². The molecule has 0 saturated heterocycles. The first-order valence-corrected chi connectivity index (χ1v) is 14.1. The van der Waals surface area contributed by atoms with Crippen molar-refractivity contribution in [3.63, 3.8) is 0 Å². The summed E-state index contributed by atoms with van der Waals surface area (Å²) >= 11 is 6.17. The van der Waals surface area contributed by atoms with E-state index in [-0.39, 0.29) is 44.5 Å². The number of para-hydroxylation sites is 1. The van der Waals surface area contributed by atoms with Crippen molar-refractivity contribution in [1.29, 1.82) is 0 Å². The second-order valence-corrected chi connectivity index (χ2v) is 14.3. The molecular formula is C26H35ClN2O2PY+. The predicted octanol–water partition coefficient (Wildman–Crippen LogP) is 6.74. The molecule has 0 aromatic heterocycles. The maximum atomic E-state index is 13.7. The topological polar surface area (TPSA) is 58.2 Å². The molecule has 1 fully saturated rings. The minimum Gasteiger partial charge on any atom is -0.322 e. The van der Waals surface area contributed by atoms with Gasteiger partial charge in [0.15, 0.2) is 5.16 Å². The van der Waals surface area contributed by atoms with Crippen LogP contribution in [0, 0.1) is 27.7 Å². The van der Waals surface area contributed by atoms with Crippen LogP contribution in [0.25, 0.3) is 0 Å². The Kier molecular flexibility index (Phi) is 9.73. The van der Waals surface area contributed by atoms with Gasteiger partial charge in [0.2, 0.25) is 0 Å². The SMILES string of the molecule is CC[P+](CC)(CC(=O)Nc1c(C)cccc1C)C1(C(=O)Nc2c(C)cc(Cl)cc2C)CC1.[Y]. The molecule has 7 heteroatoms. The van der Waals surface area contributed by atoms with E-state index in [1.165, 1.54) is 0 Å². The summed E-state index contributed by atoms with van der Waals surface area (Å²) < 4.78 is 0. The van der Waals surface area contributed by atoms with Gasteiger partial charge in [0.05, 0.1) is 12.3 Å². The molecule has 1 aliphatic rings. The third kappa shape index (κ3) is 5.72. The summed E-state index contributed by atoms with van der Waals surface area (Å²) in [6.45, 7) is 12.3. The van der Waals surface area contributed by atoms with Crippen LogP contribution in [-0.2, 0) is 42.3 Å². The van der Waals surface area contributed by atoms with Crippen LogP contribution in [0.1, 0.15) is 48.9 Å². The van der Waals surface area contributed by atoms with Crippen LogP contribution in [0.2, 0.25) is 5.02 Å². The van der Waals surface area contributed by atoms with Crippen LogP contribution >= 0.6 is 18.9 Å². The number of rotatable bonds is 8. The zero-order valence-corrected chi connectivity index (χ0v) is 25.1. The summed E-state index contributed by atoms with van der Waals surface area (Å²) in [5, 5.41) is 6.64. The molecule has 0 bridgehead atoms. The standard InChI is InChI=1S/C26H34ClN2O2P.Y/c1-7-32(8-2,16-22(30)28-23-17(3)10-9-11-18(23)4)26(12-13-26)25(31)29-24-19(5)14-21(27)15-20(24)6;/h9-11,14-15H,7-8,12-13,16H2,1-6H3,(H-,28,29,30,31);/p+1. The fourth-order valence-electron chi connectivity index (χ4n) is 5.04. The van der Waals surface area contributed by atoms with E-state index in [1.807, 2.05) is 58.0 Å². The normalized spacial score (nSPS) is 14.3. The van der Waals surface area contributed by atoms with Crippen molar-refractivity contribution in [2.45, 2.75) is 59.5 Å². The van der Waals surface area contributed by atoms with Gasteiger partial charge in [0.1, 0.15) is 6.16 Å². The smallest absolute Gasteiger partial charge is 0.268 e. The molecule has 0 heterocycles. The van der Waals surface area contributed by atoms with Gasteiger partial charge in [0, 0.05) is 69.2 Å². The number of benzene rings is 2. The van der Waals surface area contributed by atoms with Crippen molar-refractivity contribution >= 4 is 42.1 Å². The summed E-state index contributed by atoms with van der Waals surface area (Å²) in [6, 6.07) is 9.78. The molecule has 1 aliphatic carbocycles. The Labute approximate surface area is 229 Å². The van der Waals surface area contributed by atoms with Crippen molar-refractivity contribution in [1.82, 2.24) is 0 Å². The molecule has 175 valence electrons. The van der Waals surface area contributed by atoms with E-state index in [2.05, 4.69) is 24.5 Å². The number of hydrogen-bond donors (Lipinski definition) is 2. The van der Waals surface area contributed by atoms with Gasteiger partial charge in [0.25, 0.3) is 11.8 Å². The third-order valence-corrected chi connectivity index (χ3v) is 13.2. The van der Waals surface area contributed by atoms with E-state index in [9.17, 15) is 9.59 Å². The second-order valence-electron chi connectivity index (χ2n) is 9.15. The first kappa shape index (κ1) is 28.4. The number of anilines is 2. The van der Waals surface area contributed by atoms with Crippen LogP contribution in [0.5, 0.6) is 0 Å². The summed E-state index contributed by atoms with van der Waals surface area (Å²) in [4.78, 5) is 26.9. The van der Waals surface area contributed by atoms with E-state index >= 15 is 0 Å². The van der Waals surface area contributed by atoms with E-state index in [0.29, 0.717) is 11.2 Å². The van der Waals surface area contributed by atoms with Crippen LogP contribution in [0.3, 0.4) is 0 Å². The zero-order valence-electron chi connectivity index (χ0n) is 20.6. The number of hydrogen-bond acceptors (Lipinski definition) is 2. The fourth-order valence-corrected chi connectivity index (χ4v) is 9.95. The van der Waals surface area contributed by atoms with Gasteiger partial charge in [-0.1, -0.05) is 29.8 Å². The minimum atomic E-state index is -1.86. The molecule has 2 amide bonds. The monoisotopic (exact) mass is 562 g/mol. The van der Waals surface area contributed by atoms with Crippen LogP contribution in [0.15, 0.2) is 30.3 Å².